The third kappa shape index (κ3) is 5.79. The van der Waals surface area contributed by atoms with Gasteiger partial charge in [-0.25, -0.2) is 4.98 Å². The Labute approximate surface area is 223 Å². The minimum Gasteiger partial charge on any atom is -0.342 e. The normalized spacial score (nSPS) is 16.2. The third-order valence-electron chi connectivity index (χ3n) is 7.06. The van der Waals surface area contributed by atoms with Crippen molar-refractivity contribution in [1.29, 1.82) is 0 Å². The van der Waals surface area contributed by atoms with E-state index in [1.807, 2.05) is 60.7 Å². The number of carbonyl (C=O) groups excluding carboxylic acids is 1. The minimum atomic E-state index is -0.265. The van der Waals surface area contributed by atoms with Gasteiger partial charge in [-0.3, -0.25) is 4.79 Å². The summed E-state index contributed by atoms with van der Waals surface area (Å²) >= 11 is 6.29. The van der Waals surface area contributed by atoms with Crippen LogP contribution in [0, 0.1) is 5.92 Å². The molecule has 2 N–H and O–H groups in total. The van der Waals surface area contributed by atoms with Crippen molar-refractivity contribution in [2.24, 2.45) is 5.92 Å². The van der Waals surface area contributed by atoms with Crippen LogP contribution in [0.4, 0.5) is 0 Å². The minimum absolute atomic E-state index is 0.0558. The van der Waals surface area contributed by atoms with Crippen molar-refractivity contribution >= 4 is 17.5 Å². The molecule has 3 aromatic carbocycles. The molecule has 0 aliphatic carbocycles. The highest BCUT2D eigenvalue weighted by atomic mass is 35.5. The molecule has 4 aromatic rings. The Bertz CT molecular complexity index is 1360. The highest BCUT2D eigenvalue weighted by molar-refractivity contribution is 6.30. The number of amides is 1. The van der Waals surface area contributed by atoms with E-state index in [4.69, 9.17) is 16.6 Å². The predicted octanol–water partition coefficient (Wildman–Crippen LogP) is 6.46. The van der Waals surface area contributed by atoms with Gasteiger partial charge in [0.1, 0.15) is 5.82 Å². The maximum Gasteiger partial charge on any atom is 0.252 e. The summed E-state index contributed by atoms with van der Waals surface area (Å²) in [6, 6.07) is 25.8. The Morgan fingerprint density at radius 2 is 1.86 bits per heavy atom. The predicted molar refractivity (Wildman–Crippen MR) is 150 cm³/mol. The smallest absolute Gasteiger partial charge is 0.252 e. The number of hydrogen-bond acceptors (Lipinski definition) is 3. The van der Waals surface area contributed by atoms with Crippen molar-refractivity contribution in [2.45, 2.75) is 38.8 Å². The zero-order chi connectivity index (χ0) is 25.8. The molecule has 0 bridgehead atoms. The fourth-order valence-corrected chi connectivity index (χ4v) is 5.29. The van der Waals surface area contributed by atoms with Gasteiger partial charge in [0.25, 0.3) is 5.91 Å². The second kappa shape index (κ2) is 11.3. The molecule has 5 nitrogen and oxygen atoms in total. The Hall–Kier alpha value is -3.41. The van der Waals surface area contributed by atoms with Crippen LogP contribution in [0.25, 0.3) is 11.3 Å². The molecule has 1 fully saturated rings. The highest BCUT2D eigenvalue weighted by Gasteiger charge is 2.28. The first-order chi connectivity index (χ1) is 18.0. The molecule has 2 unspecified atom stereocenters. The van der Waals surface area contributed by atoms with Crippen molar-refractivity contribution in [3.8, 4) is 11.3 Å². The first-order valence-electron chi connectivity index (χ1n) is 13.0. The van der Waals surface area contributed by atoms with Gasteiger partial charge in [0.2, 0.25) is 0 Å². The molecule has 190 valence electrons. The first kappa shape index (κ1) is 25.2. The van der Waals surface area contributed by atoms with Gasteiger partial charge in [0.15, 0.2) is 0 Å². The Morgan fingerprint density at radius 3 is 2.59 bits per heavy atom. The van der Waals surface area contributed by atoms with Gasteiger partial charge >= 0.3 is 0 Å². The molecule has 0 spiro atoms. The van der Waals surface area contributed by atoms with E-state index in [1.54, 1.807) is 0 Å². The summed E-state index contributed by atoms with van der Waals surface area (Å²) in [5.74, 6) is 1.27. The van der Waals surface area contributed by atoms with E-state index in [-0.39, 0.29) is 17.9 Å². The molecule has 2 heterocycles. The summed E-state index contributed by atoms with van der Waals surface area (Å²) in [6.07, 6.45) is 3.11. The molecule has 6 heteroatoms. The van der Waals surface area contributed by atoms with E-state index in [1.165, 1.54) is 5.56 Å². The fraction of sp³-hybridized carbons (Fsp3) is 0.290. The average molecular weight is 513 g/mol. The molecule has 1 amide bonds. The molecular weight excluding hydrogens is 480 g/mol. The summed E-state index contributed by atoms with van der Waals surface area (Å²) in [5.41, 5.74) is 4.82. The van der Waals surface area contributed by atoms with Gasteiger partial charge in [0.05, 0.1) is 11.7 Å². The summed E-state index contributed by atoms with van der Waals surface area (Å²) in [6.45, 7) is 6.80. The first-order valence-corrected chi connectivity index (χ1v) is 13.3. The second-order valence-electron chi connectivity index (χ2n) is 10.1. The maximum atomic E-state index is 13.7. The molecule has 37 heavy (non-hydrogen) atoms. The van der Waals surface area contributed by atoms with Crippen LogP contribution >= 0.6 is 11.6 Å². The van der Waals surface area contributed by atoms with Crippen LogP contribution in [0.5, 0.6) is 0 Å². The molecule has 1 aromatic heterocycles. The van der Waals surface area contributed by atoms with Crippen molar-refractivity contribution in [3.05, 3.63) is 113 Å². The number of aromatic nitrogens is 2. The molecule has 5 rings (SSSR count). The van der Waals surface area contributed by atoms with E-state index in [9.17, 15) is 4.79 Å². The van der Waals surface area contributed by atoms with Crippen molar-refractivity contribution in [2.75, 3.05) is 13.1 Å². The molecule has 2 atom stereocenters. The zero-order valence-corrected chi connectivity index (χ0v) is 22.1. The lowest BCUT2D eigenvalue weighted by molar-refractivity contribution is 0.0921. The van der Waals surface area contributed by atoms with Gasteiger partial charge in [0, 0.05) is 35.4 Å². The number of halogens is 1. The maximum absolute atomic E-state index is 13.7. The second-order valence-corrected chi connectivity index (χ2v) is 10.5. The van der Waals surface area contributed by atoms with Crippen LogP contribution in [0.1, 0.15) is 59.5 Å². The largest absolute Gasteiger partial charge is 0.342 e. The van der Waals surface area contributed by atoms with E-state index >= 15 is 0 Å². The summed E-state index contributed by atoms with van der Waals surface area (Å²) in [7, 11) is 0. The van der Waals surface area contributed by atoms with Crippen LogP contribution in [0.2, 0.25) is 5.02 Å². The molecule has 1 aliphatic rings. The lowest BCUT2D eigenvalue weighted by Crippen LogP contribution is -2.34. The summed E-state index contributed by atoms with van der Waals surface area (Å²) < 4.78 is 2.16. The monoisotopic (exact) mass is 512 g/mol. The molecule has 0 saturated carbocycles. The van der Waals surface area contributed by atoms with Crippen molar-refractivity contribution in [3.63, 3.8) is 0 Å². The molecule has 1 aliphatic heterocycles. The Kier molecular flexibility index (Phi) is 7.73. The SMILES string of the molecule is CC(C)C(NC(=O)c1ccccc1C1CCNC1)c1nc(-c2cccc(Cl)c2)cn1Cc1ccccc1. The zero-order valence-electron chi connectivity index (χ0n) is 21.3. The van der Waals surface area contributed by atoms with Crippen molar-refractivity contribution in [1.82, 2.24) is 20.2 Å². The van der Waals surface area contributed by atoms with Gasteiger partial charge in [-0.15, -0.1) is 0 Å². The van der Waals surface area contributed by atoms with Gasteiger partial charge < -0.3 is 15.2 Å². The van der Waals surface area contributed by atoms with Gasteiger partial charge in [-0.2, -0.15) is 0 Å². The lowest BCUT2D eigenvalue weighted by Gasteiger charge is -2.24. The van der Waals surface area contributed by atoms with Crippen LogP contribution in [-0.4, -0.2) is 28.5 Å². The number of carbonyl (C=O) groups is 1. The number of benzene rings is 3. The average Bonchev–Trinajstić information content (AvgIpc) is 3.58. The number of nitrogens with one attached hydrogen (secondary N) is 2. The highest BCUT2D eigenvalue weighted by Crippen LogP contribution is 2.30. The van der Waals surface area contributed by atoms with Crippen LogP contribution in [-0.2, 0) is 6.54 Å². The number of hydrogen-bond donors (Lipinski definition) is 2. The van der Waals surface area contributed by atoms with E-state index in [0.717, 1.165) is 47.7 Å². The summed E-state index contributed by atoms with van der Waals surface area (Å²) in [5, 5.41) is 7.44. The fourth-order valence-electron chi connectivity index (χ4n) is 5.10. The molecule has 1 saturated heterocycles. The van der Waals surface area contributed by atoms with Crippen LogP contribution in [0.15, 0.2) is 85.1 Å². The van der Waals surface area contributed by atoms with Gasteiger partial charge in [-0.05, 0) is 54.1 Å². The Morgan fingerprint density at radius 1 is 1.08 bits per heavy atom. The number of imidazole rings is 1. The molecule has 0 radical (unpaired) electrons. The third-order valence-corrected chi connectivity index (χ3v) is 7.30. The van der Waals surface area contributed by atoms with E-state index < -0.39 is 0 Å². The number of nitrogens with zero attached hydrogens (tertiary/aromatic N) is 2. The molecular formula is C31H33ClN4O. The summed E-state index contributed by atoms with van der Waals surface area (Å²) in [4.78, 5) is 18.8. The quantitative estimate of drug-likeness (QED) is 0.285. The van der Waals surface area contributed by atoms with Crippen molar-refractivity contribution < 1.29 is 4.79 Å². The standard InChI is InChI=1S/C31H33ClN4O/c1-21(2)29(35-31(37)27-14-7-6-13-26(27)24-15-16-33-18-24)30-34-28(23-11-8-12-25(32)17-23)20-36(30)19-22-9-4-3-5-10-22/h3-14,17,20-21,24,29,33H,15-16,18-19H2,1-2H3,(H,35,37). The lowest BCUT2D eigenvalue weighted by atomic mass is 9.92. The van der Waals surface area contributed by atoms with E-state index in [0.29, 0.717) is 17.5 Å². The van der Waals surface area contributed by atoms with Gasteiger partial charge in [-0.1, -0.05) is 86.1 Å². The topological polar surface area (TPSA) is 59.0 Å². The van der Waals surface area contributed by atoms with E-state index in [2.05, 4.69) is 53.4 Å². The van der Waals surface area contributed by atoms with Crippen LogP contribution < -0.4 is 10.6 Å². The number of rotatable bonds is 8. The van der Waals surface area contributed by atoms with Crippen LogP contribution in [0.3, 0.4) is 0 Å². The Balaban J connectivity index is 1.51.